The highest BCUT2D eigenvalue weighted by atomic mass is 35.5. The Labute approximate surface area is 178 Å². The summed E-state index contributed by atoms with van der Waals surface area (Å²) in [4.78, 5) is 32.3. The molecule has 2 unspecified atom stereocenters. The van der Waals surface area contributed by atoms with Crippen molar-refractivity contribution in [1.82, 2.24) is 0 Å². The van der Waals surface area contributed by atoms with Crippen LogP contribution in [0.5, 0.6) is 0 Å². The van der Waals surface area contributed by atoms with Crippen molar-refractivity contribution < 1.29 is 18.8 Å². The lowest BCUT2D eigenvalue weighted by Crippen LogP contribution is -2.32. The molecule has 30 heavy (non-hydrogen) atoms. The Hall–Kier alpha value is -3.25. The van der Waals surface area contributed by atoms with Crippen molar-refractivity contribution in [2.45, 2.75) is 19.9 Å². The van der Waals surface area contributed by atoms with Gasteiger partial charge in [0, 0.05) is 5.02 Å². The molecule has 1 aliphatic heterocycles. The van der Waals surface area contributed by atoms with E-state index in [1.807, 2.05) is 30.3 Å². The van der Waals surface area contributed by atoms with E-state index in [4.69, 9.17) is 25.6 Å². The summed E-state index contributed by atoms with van der Waals surface area (Å²) in [7, 11) is 0. The van der Waals surface area contributed by atoms with Crippen LogP contribution in [0.25, 0.3) is 11.0 Å². The lowest BCUT2D eigenvalue weighted by atomic mass is 9.92. The highest BCUT2D eigenvalue weighted by Gasteiger charge is 2.48. The second-order valence-corrected chi connectivity index (χ2v) is 7.22. The molecular formula is C23H20ClNO5. The predicted molar refractivity (Wildman–Crippen MR) is 114 cm³/mol. The van der Waals surface area contributed by atoms with Crippen molar-refractivity contribution >= 4 is 34.2 Å². The third-order valence-electron chi connectivity index (χ3n) is 4.99. The van der Waals surface area contributed by atoms with Crippen LogP contribution in [-0.4, -0.2) is 12.6 Å². The third kappa shape index (κ3) is 3.44. The first-order valence-electron chi connectivity index (χ1n) is 9.61. The summed E-state index contributed by atoms with van der Waals surface area (Å²) >= 11 is 6.09. The van der Waals surface area contributed by atoms with Crippen molar-refractivity contribution in [2.24, 2.45) is 5.92 Å². The number of halogens is 1. The summed E-state index contributed by atoms with van der Waals surface area (Å²) in [5, 5.41) is 2.31. The van der Waals surface area contributed by atoms with Crippen molar-refractivity contribution in [3.63, 3.8) is 0 Å². The SMILES string of the molecule is C/C=C1/ON(c2ccccc2)C(c2coc3ccc(Cl)cc3c2=O)C1C(=O)OCC. The van der Waals surface area contributed by atoms with Gasteiger partial charge in [0.25, 0.3) is 0 Å². The minimum atomic E-state index is -0.824. The third-order valence-corrected chi connectivity index (χ3v) is 5.23. The Morgan fingerprint density at radius 2 is 2.00 bits per heavy atom. The van der Waals surface area contributed by atoms with Gasteiger partial charge >= 0.3 is 5.97 Å². The first kappa shape index (κ1) is 20.0. The summed E-state index contributed by atoms with van der Waals surface area (Å²) in [6, 6.07) is 13.4. The average Bonchev–Trinajstić information content (AvgIpc) is 3.15. The van der Waals surface area contributed by atoms with Gasteiger partial charge < -0.3 is 14.0 Å². The van der Waals surface area contributed by atoms with Gasteiger partial charge in [-0.2, -0.15) is 0 Å². The van der Waals surface area contributed by atoms with E-state index in [0.29, 0.717) is 27.4 Å². The molecule has 3 aromatic rings. The van der Waals surface area contributed by atoms with Crippen molar-refractivity contribution in [3.05, 3.63) is 87.4 Å². The number of hydroxylamine groups is 1. The average molecular weight is 426 g/mol. The molecule has 2 atom stereocenters. The monoisotopic (exact) mass is 425 g/mol. The lowest BCUT2D eigenvalue weighted by molar-refractivity contribution is -0.147. The van der Waals surface area contributed by atoms with E-state index in [0.717, 1.165) is 0 Å². The molecule has 1 aliphatic rings. The first-order chi connectivity index (χ1) is 14.5. The zero-order valence-corrected chi connectivity index (χ0v) is 17.3. The molecule has 4 rings (SSSR count). The fourth-order valence-corrected chi connectivity index (χ4v) is 3.82. The fourth-order valence-electron chi connectivity index (χ4n) is 3.64. The van der Waals surface area contributed by atoms with Gasteiger partial charge in [-0.25, -0.2) is 5.06 Å². The van der Waals surface area contributed by atoms with Gasteiger partial charge in [0.15, 0.2) is 5.43 Å². The van der Waals surface area contributed by atoms with Gasteiger partial charge in [-0.05, 0) is 50.3 Å². The number of esters is 1. The van der Waals surface area contributed by atoms with Crippen LogP contribution >= 0.6 is 11.6 Å². The van der Waals surface area contributed by atoms with Crippen molar-refractivity contribution in [2.75, 3.05) is 11.7 Å². The van der Waals surface area contributed by atoms with Crippen LogP contribution in [0.4, 0.5) is 5.69 Å². The molecule has 6 nitrogen and oxygen atoms in total. The number of anilines is 1. The number of benzene rings is 2. The zero-order chi connectivity index (χ0) is 21.3. The Bertz CT molecular complexity index is 1170. The molecule has 0 amide bonds. The molecule has 0 saturated carbocycles. The van der Waals surface area contributed by atoms with Crippen LogP contribution in [-0.2, 0) is 14.4 Å². The van der Waals surface area contributed by atoms with Crippen LogP contribution < -0.4 is 10.5 Å². The number of carbonyl (C=O) groups is 1. The Morgan fingerprint density at radius 3 is 2.70 bits per heavy atom. The highest BCUT2D eigenvalue weighted by Crippen LogP contribution is 2.44. The molecule has 0 spiro atoms. The van der Waals surface area contributed by atoms with Gasteiger partial charge in [-0.3, -0.25) is 9.59 Å². The van der Waals surface area contributed by atoms with Gasteiger partial charge in [0.2, 0.25) is 0 Å². The normalized spacial score (nSPS) is 19.8. The van der Waals surface area contributed by atoms with Crippen LogP contribution in [0, 0.1) is 5.92 Å². The number of para-hydroxylation sites is 1. The second-order valence-electron chi connectivity index (χ2n) is 6.78. The van der Waals surface area contributed by atoms with E-state index in [-0.39, 0.29) is 17.6 Å². The maximum Gasteiger partial charge on any atom is 0.319 e. The molecule has 1 fully saturated rings. The molecule has 0 aliphatic carbocycles. The van der Waals surface area contributed by atoms with Crippen LogP contribution in [0.2, 0.25) is 5.02 Å². The van der Waals surface area contributed by atoms with E-state index in [1.54, 1.807) is 43.2 Å². The zero-order valence-electron chi connectivity index (χ0n) is 16.5. The number of hydrogen-bond acceptors (Lipinski definition) is 6. The number of allylic oxidation sites excluding steroid dienone is 1. The second kappa shape index (κ2) is 8.24. The predicted octanol–water partition coefficient (Wildman–Crippen LogP) is 5.02. The summed E-state index contributed by atoms with van der Waals surface area (Å²) in [6.45, 7) is 3.72. The molecule has 154 valence electrons. The number of hydrogen-bond donors (Lipinski definition) is 0. The quantitative estimate of drug-likeness (QED) is 0.546. The maximum atomic E-state index is 13.4. The Kier molecular flexibility index (Phi) is 5.50. The van der Waals surface area contributed by atoms with Gasteiger partial charge in [-0.15, -0.1) is 0 Å². The summed E-state index contributed by atoms with van der Waals surface area (Å²) in [5.74, 6) is -0.887. The topological polar surface area (TPSA) is 69.0 Å². The molecule has 2 heterocycles. The van der Waals surface area contributed by atoms with Crippen molar-refractivity contribution in [3.8, 4) is 0 Å². The number of ether oxygens (including phenoxy) is 1. The fraction of sp³-hybridized carbons (Fsp3) is 0.217. The molecule has 0 N–H and O–H groups in total. The summed E-state index contributed by atoms with van der Waals surface area (Å²) < 4.78 is 11.0. The van der Waals surface area contributed by atoms with Gasteiger partial charge in [-0.1, -0.05) is 29.8 Å². The van der Waals surface area contributed by atoms with Crippen LogP contribution in [0.1, 0.15) is 25.5 Å². The molecular weight excluding hydrogens is 406 g/mol. The Balaban J connectivity index is 1.93. The number of fused-ring (bicyclic) bond motifs is 1. The minimum absolute atomic E-state index is 0.215. The van der Waals surface area contributed by atoms with E-state index < -0.39 is 17.9 Å². The number of rotatable bonds is 4. The summed E-state index contributed by atoms with van der Waals surface area (Å²) in [6.07, 6.45) is 3.09. The van der Waals surface area contributed by atoms with E-state index in [2.05, 4.69) is 0 Å². The Morgan fingerprint density at radius 1 is 1.23 bits per heavy atom. The molecule has 0 bridgehead atoms. The molecule has 0 radical (unpaired) electrons. The number of carbonyl (C=O) groups excluding carboxylic acids is 1. The van der Waals surface area contributed by atoms with Gasteiger partial charge in [0.05, 0.1) is 23.2 Å². The smallest absolute Gasteiger partial charge is 0.319 e. The van der Waals surface area contributed by atoms with Crippen LogP contribution in [0.3, 0.4) is 0 Å². The lowest BCUT2D eigenvalue weighted by Gasteiger charge is -2.25. The maximum absolute atomic E-state index is 13.4. The molecule has 1 saturated heterocycles. The van der Waals surface area contributed by atoms with E-state index >= 15 is 0 Å². The molecule has 2 aromatic carbocycles. The minimum Gasteiger partial charge on any atom is -0.465 e. The first-order valence-corrected chi connectivity index (χ1v) is 9.99. The standard InChI is InChI=1S/C23H20ClNO5/c1-3-18-20(23(27)28-4-2)21(25(30-18)15-8-6-5-7-9-15)17-13-29-19-11-10-14(24)12-16(19)22(17)26/h3,5-13,20-21H,4H2,1-2H3/b18-3+. The summed E-state index contributed by atoms with van der Waals surface area (Å²) in [5.41, 5.74) is 1.11. The largest absolute Gasteiger partial charge is 0.465 e. The molecule has 7 heteroatoms. The van der Waals surface area contributed by atoms with Crippen LogP contribution in [0.15, 0.2) is 75.8 Å². The van der Waals surface area contributed by atoms with E-state index in [9.17, 15) is 9.59 Å². The van der Waals surface area contributed by atoms with E-state index in [1.165, 1.54) is 6.26 Å². The highest BCUT2D eigenvalue weighted by molar-refractivity contribution is 6.31. The van der Waals surface area contributed by atoms with Gasteiger partial charge in [0.1, 0.15) is 29.6 Å². The van der Waals surface area contributed by atoms with Crippen molar-refractivity contribution in [1.29, 1.82) is 0 Å². The molecule has 1 aromatic heterocycles. The number of nitrogens with zero attached hydrogens (tertiary/aromatic N) is 1.